The first-order valence-electron chi connectivity index (χ1n) is 35.5. The molecule has 6 aliphatic rings. The lowest BCUT2D eigenvalue weighted by Crippen LogP contribution is -2.40. The summed E-state index contributed by atoms with van der Waals surface area (Å²) in [6.45, 7) is 6.76. The lowest BCUT2D eigenvalue weighted by atomic mass is 10.0. The maximum absolute atomic E-state index is 13.3. The van der Waals surface area contributed by atoms with Crippen molar-refractivity contribution in [2.24, 2.45) is 0 Å². The van der Waals surface area contributed by atoms with Gasteiger partial charge in [-0.25, -0.2) is 41.7 Å². The molecule has 32 nitrogen and oxygen atoms in total. The smallest absolute Gasteiger partial charge is 0.274 e. The van der Waals surface area contributed by atoms with Gasteiger partial charge in [-0.05, 0) is 101 Å². The molecular weight excluding hydrogens is 1360 g/mol. The summed E-state index contributed by atoms with van der Waals surface area (Å²) in [5.41, 5.74) is 4.68. The number of hydrogen-bond donors (Lipinski definition) is 9. The highest BCUT2D eigenvalue weighted by molar-refractivity contribution is 5.96. The number of alkyl halides is 3. The Bertz CT molecular complexity index is 4900. The molecule has 2 atom stereocenters. The van der Waals surface area contributed by atoms with E-state index in [1.54, 1.807) is 119 Å². The number of halogens is 3. The molecule has 9 N–H and O–H groups in total. The van der Waals surface area contributed by atoms with Crippen molar-refractivity contribution in [3.8, 4) is 0 Å². The van der Waals surface area contributed by atoms with Crippen LogP contribution in [0.2, 0.25) is 0 Å². The molecule has 3 aliphatic heterocycles. The summed E-state index contributed by atoms with van der Waals surface area (Å²) in [4.78, 5) is 120. The highest BCUT2D eigenvalue weighted by Crippen LogP contribution is 2.31. The van der Waals surface area contributed by atoms with Crippen LogP contribution in [0.25, 0.3) is 16.9 Å². The first-order chi connectivity index (χ1) is 50.8. The van der Waals surface area contributed by atoms with Crippen LogP contribution >= 0.6 is 0 Å². The van der Waals surface area contributed by atoms with Crippen molar-refractivity contribution < 1.29 is 37.1 Å². The van der Waals surface area contributed by atoms with Gasteiger partial charge in [0.05, 0.1) is 48.2 Å². The van der Waals surface area contributed by atoms with Crippen LogP contribution in [0.3, 0.4) is 0 Å². The van der Waals surface area contributed by atoms with E-state index < -0.39 is 24.5 Å². The summed E-state index contributed by atoms with van der Waals surface area (Å²) in [7, 11) is 5.23. The predicted octanol–water partition coefficient (Wildman–Crippen LogP) is 6.31. The third-order valence-electron chi connectivity index (χ3n) is 19.6. The number of imidazole rings is 3. The van der Waals surface area contributed by atoms with Crippen molar-refractivity contribution in [2.45, 2.75) is 140 Å². The number of carbonyl (C=O) groups excluding carboxylic acids is 5. The molecule has 3 saturated carbocycles. The van der Waals surface area contributed by atoms with Crippen LogP contribution in [0.1, 0.15) is 140 Å². The molecule has 5 amide bonds. The minimum Gasteiger partial charge on any atom is -0.385 e. The normalized spacial score (nSPS) is 17.8. The predicted molar refractivity (Wildman–Crippen MR) is 388 cm³/mol. The van der Waals surface area contributed by atoms with Crippen LogP contribution in [0.15, 0.2) is 106 Å². The maximum Gasteiger partial charge on any atom is 0.274 e. The second-order valence-electron chi connectivity index (χ2n) is 26.9. The molecule has 6 fully saturated rings. The number of amides is 5. The fourth-order valence-electron chi connectivity index (χ4n) is 13.4. The number of aromatic nitrogens is 12. The molecule has 35 heteroatoms. The summed E-state index contributed by atoms with van der Waals surface area (Å²) in [6.07, 6.45) is 15.1. The van der Waals surface area contributed by atoms with Gasteiger partial charge in [-0.3, -0.25) is 43.3 Å². The molecule has 15 rings (SSSR count). The number of rotatable bonds is 21. The Labute approximate surface area is 599 Å². The average Bonchev–Trinajstić information content (AvgIpc) is 1.67. The number of hydrogen-bond acceptors (Lipinski definition) is 21. The van der Waals surface area contributed by atoms with E-state index in [9.17, 15) is 51.5 Å². The summed E-state index contributed by atoms with van der Waals surface area (Å²) in [6, 6.07) is 15.5. The summed E-state index contributed by atoms with van der Waals surface area (Å²) in [5.74, 6) is 0.396. The summed E-state index contributed by atoms with van der Waals surface area (Å²) < 4.78 is 48.0. The standard InChI is InChI=1S/C24H30N8O3.C23H28F2N8O2.C23H27FN8O3/c1-3-21(33)30-11-8-16(9-12-30)31-10-4-5-17(24(31)35)28-20-13-18(25-2)22-26-14-19(32(22)29-20)23(34)27-15-6-7-15;1-26-17-11-20(30-33-18(12-27-21(17)33)22(34)28-14-4-5-14)29-16-3-2-8-32(23(16)35)15-6-9-31(10-7-15)13-19(24)25;1-13(33)30-8-5-14(6-9-30)31-7-3-4-16(23(31)35)27-20-11-18(25-2)21-26-12-19(32(21)29-20)22(34)28-17-10-15(17)24/h4-5,10,13-16,25H,3,6-9,11-12H2,1-2H3,(H,27,34)(H,28,29);2-3,8,11-12,14-15,19,26H,4-7,9-10,13H2,1H3,(H,28,34)(H,29,30);3-4,7,11-12,14-15,17,25H,5-6,8-10H2,1-2H3,(H,27,29)(H,28,34)/t;;15-,17?/m..0/s1. The number of nitrogens with zero attached hydrogens (tertiary/aromatic N) is 15. The molecule has 12 heterocycles. The van der Waals surface area contributed by atoms with Gasteiger partial charge >= 0.3 is 0 Å². The van der Waals surface area contributed by atoms with E-state index in [0.29, 0.717) is 158 Å². The molecule has 9 aromatic heterocycles. The lowest BCUT2D eigenvalue weighted by molar-refractivity contribution is -0.132. The number of piperidine rings is 3. The zero-order chi connectivity index (χ0) is 73.7. The van der Waals surface area contributed by atoms with Crippen molar-refractivity contribution >= 4 is 98.1 Å². The third-order valence-corrected chi connectivity index (χ3v) is 19.6. The average molecular weight is 1450 g/mol. The van der Waals surface area contributed by atoms with E-state index in [1.807, 2.05) is 17.9 Å². The fourth-order valence-corrected chi connectivity index (χ4v) is 13.4. The number of likely N-dealkylation sites (tertiary alicyclic amines) is 3. The number of carbonyl (C=O) groups is 5. The number of nitrogens with one attached hydrogen (secondary N) is 9. The van der Waals surface area contributed by atoms with E-state index in [-0.39, 0.29) is 82.8 Å². The van der Waals surface area contributed by atoms with Crippen molar-refractivity contribution in [1.82, 2.24) is 88.1 Å². The van der Waals surface area contributed by atoms with Crippen molar-refractivity contribution in [3.63, 3.8) is 0 Å². The third kappa shape index (κ3) is 16.4. The Balaban J connectivity index is 0.000000140. The van der Waals surface area contributed by atoms with Gasteiger partial charge in [0.25, 0.3) is 40.8 Å². The molecule has 3 saturated heterocycles. The minimum atomic E-state index is -2.36. The monoisotopic (exact) mass is 1450 g/mol. The van der Waals surface area contributed by atoms with Gasteiger partial charge in [0.2, 0.25) is 11.8 Å². The van der Waals surface area contributed by atoms with Gasteiger partial charge < -0.3 is 71.4 Å². The Morgan fingerprint density at radius 1 is 0.495 bits per heavy atom. The van der Waals surface area contributed by atoms with E-state index in [0.717, 1.165) is 38.5 Å². The van der Waals surface area contributed by atoms with Gasteiger partial charge in [0.1, 0.15) is 23.2 Å². The molecule has 3 aliphatic carbocycles. The van der Waals surface area contributed by atoms with Crippen LogP contribution < -0.4 is 64.5 Å². The fraction of sp³-hybridized carbons (Fsp3) is 0.457. The molecule has 9 aromatic rings. The molecule has 554 valence electrons. The van der Waals surface area contributed by atoms with Crippen molar-refractivity contribution in [2.75, 3.05) is 98.9 Å². The Kier molecular flexibility index (Phi) is 21.4. The quantitative estimate of drug-likeness (QED) is 0.0380. The zero-order valence-corrected chi connectivity index (χ0v) is 58.8. The van der Waals surface area contributed by atoms with Crippen LogP contribution in [-0.2, 0) is 9.59 Å². The van der Waals surface area contributed by atoms with Crippen LogP contribution in [0.4, 0.5) is 64.7 Å². The van der Waals surface area contributed by atoms with E-state index in [1.165, 1.54) is 32.1 Å². The minimum absolute atomic E-state index is 0.00568. The van der Waals surface area contributed by atoms with Gasteiger partial charge in [-0.2, -0.15) is 0 Å². The van der Waals surface area contributed by atoms with E-state index in [2.05, 4.69) is 78.1 Å². The van der Waals surface area contributed by atoms with Crippen LogP contribution in [-0.4, -0.2) is 199 Å². The second-order valence-corrected chi connectivity index (χ2v) is 26.9. The topological polar surface area (TPSA) is 360 Å². The number of fused-ring (bicyclic) bond motifs is 3. The molecule has 0 spiro atoms. The number of pyridine rings is 3. The number of anilines is 9. The maximum atomic E-state index is 13.3. The molecule has 1 unspecified atom stereocenters. The highest BCUT2D eigenvalue weighted by atomic mass is 19.3. The van der Waals surface area contributed by atoms with Gasteiger partial charge in [0, 0.05) is 147 Å². The Morgan fingerprint density at radius 2 is 0.838 bits per heavy atom. The van der Waals surface area contributed by atoms with Crippen LogP contribution in [0.5, 0.6) is 0 Å². The SMILES string of the molecule is CCC(=O)N1CCC(n2cccc(Nc3cc(NC)c4ncc(C(=O)NC5CC5)n4n3)c2=O)CC1.CNc1cc(Nc2cccn(C3CCN(C(C)=O)CC3)c2=O)nn2c(C(=O)NC3C[C@@H]3F)cnc12.CNc1cc(Nc2cccn(C3CCN(CC(F)F)CC3)c2=O)nn2c(C(=O)NC3CC3)cnc12. The molecule has 0 bridgehead atoms. The first-order valence-corrected chi connectivity index (χ1v) is 35.5. The van der Waals surface area contributed by atoms with Gasteiger partial charge in [0.15, 0.2) is 51.5 Å². The second kappa shape index (κ2) is 31.3. The molecular formula is C70H85F3N24O8. The zero-order valence-electron chi connectivity index (χ0n) is 58.8. The van der Waals surface area contributed by atoms with E-state index in [4.69, 9.17) is 0 Å². The largest absolute Gasteiger partial charge is 0.385 e. The first kappa shape index (κ1) is 72.0. The molecule has 105 heavy (non-hydrogen) atoms. The van der Waals surface area contributed by atoms with Crippen molar-refractivity contribution in [1.29, 1.82) is 0 Å². The Hall–Kier alpha value is -11.4. The van der Waals surface area contributed by atoms with Gasteiger partial charge in [-0.1, -0.05) is 6.92 Å². The lowest BCUT2D eigenvalue weighted by Gasteiger charge is -2.33. The van der Waals surface area contributed by atoms with E-state index >= 15 is 0 Å². The van der Waals surface area contributed by atoms with Crippen molar-refractivity contribution in [3.05, 3.63) is 140 Å². The molecule has 0 aromatic carbocycles. The summed E-state index contributed by atoms with van der Waals surface area (Å²) in [5, 5.41) is 40.6. The Morgan fingerprint density at radius 3 is 1.15 bits per heavy atom. The van der Waals surface area contributed by atoms with Gasteiger partial charge in [-0.15, -0.1) is 15.3 Å². The highest BCUT2D eigenvalue weighted by Gasteiger charge is 2.40. The molecule has 0 radical (unpaired) electrons. The van der Waals surface area contributed by atoms with Crippen LogP contribution in [0, 0.1) is 0 Å². The summed E-state index contributed by atoms with van der Waals surface area (Å²) >= 11 is 0.